The number of rotatable bonds is 10. The summed E-state index contributed by atoms with van der Waals surface area (Å²) >= 11 is 0. The number of amides is 1. The van der Waals surface area contributed by atoms with Crippen LogP contribution in [0.15, 0.2) is 53.4 Å². The fourth-order valence-electron chi connectivity index (χ4n) is 3.73. The Hall–Kier alpha value is -3.05. The van der Waals surface area contributed by atoms with E-state index in [2.05, 4.69) is 5.32 Å². The van der Waals surface area contributed by atoms with Crippen molar-refractivity contribution in [1.82, 2.24) is 13.9 Å². The predicted octanol–water partition coefficient (Wildman–Crippen LogP) is -0.220. The number of carboxylic acid groups (broad SMARTS) is 1. The topological polar surface area (TPSA) is 185 Å². The molecule has 1 amide bonds. The molecule has 3 rings (SSSR count). The molecule has 1 unspecified atom stereocenters. The van der Waals surface area contributed by atoms with Gasteiger partial charge >= 0.3 is 16.3 Å². The number of nitrogens with one attached hydrogen (secondary N) is 1. The van der Waals surface area contributed by atoms with Gasteiger partial charge in [-0.15, -0.1) is 0 Å². The molecule has 39 heavy (non-hydrogen) atoms. The number of carboxylic acids is 1. The largest absolute Gasteiger partial charge is 0.480 e. The average molecular weight is 604 g/mol. The molecule has 0 radical (unpaired) electrons. The predicted molar refractivity (Wildman–Crippen MR) is 140 cm³/mol. The summed E-state index contributed by atoms with van der Waals surface area (Å²) in [5.74, 6) is -3.88. The first-order valence-electron chi connectivity index (χ1n) is 11.6. The van der Waals surface area contributed by atoms with E-state index in [1.807, 2.05) is 0 Å². The maximum atomic E-state index is 13.7. The van der Waals surface area contributed by atoms with Gasteiger partial charge in [-0.1, -0.05) is 29.8 Å². The van der Waals surface area contributed by atoms with Crippen LogP contribution >= 0.6 is 0 Å². The van der Waals surface area contributed by atoms with Crippen molar-refractivity contribution >= 4 is 42.0 Å². The smallest absolute Gasteiger partial charge is 0.384 e. The lowest BCUT2D eigenvalue weighted by molar-refractivity contribution is -0.146. The molecule has 0 bridgehead atoms. The standard InChI is InChI=1S/C23H29N3O10S3/c1-16-4-10-19(11-5-16)38(32,33)26(22(27)20-15-37(30,31)13-12-24-20)21(23(28)29)14-17-6-8-18(9-7-17)36-39(34,35)25(2)3/h4-11,20-21,24H,12-15H2,1-3H3,(H,28,29)/t20?,21-/m0/s1. The maximum absolute atomic E-state index is 13.7. The summed E-state index contributed by atoms with van der Waals surface area (Å²) in [5, 5.41) is 12.7. The minimum atomic E-state index is -4.75. The normalized spacial score (nSPS) is 18.3. The fourth-order valence-corrected chi connectivity index (χ4v) is 7.17. The number of nitrogens with zero attached hydrogens (tertiary/aromatic N) is 2. The van der Waals surface area contributed by atoms with E-state index in [1.54, 1.807) is 6.92 Å². The zero-order valence-corrected chi connectivity index (χ0v) is 23.8. The Balaban J connectivity index is 2.02. The number of hydrogen-bond donors (Lipinski definition) is 2. The Morgan fingerprint density at radius 2 is 1.64 bits per heavy atom. The Bertz CT molecular complexity index is 1540. The summed E-state index contributed by atoms with van der Waals surface area (Å²) in [6, 6.07) is 7.17. The third kappa shape index (κ3) is 7.33. The number of sulfonamides is 1. The summed E-state index contributed by atoms with van der Waals surface area (Å²) in [7, 11) is -9.93. The van der Waals surface area contributed by atoms with Crippen LogP contribution in [0.1, 0.15) is 11.1 Å². The van der Waals surface area contributed by atoms with E-state index in [1.165, 1.54) is 62.6 Å². The highest BCUT2D eigenvalue weighted by molar-refractivity contribution is 7.91. The van der Waals surface area contributed by atoms with Gasteiger partial charge in [-0.25, -0.2) is 25.9 Å². The fraction of sp³-hybridized carbons (Fsp3) is 0.391. The van der Waals surface area contributed by atoms with Crippen molar-refractivity contribution in [2.24, 2.45) is 0 Å². The van der Waals surface area contributed by atoms with Crippen LogP contribution in [0.2, 0.25) is 0 Å². The van der Waals surface area contributed by atoms with Crippen molar-refractivity contribution in [3.8, 4) is 5.75 Å². The lowest BCUT2D eigenvalue weighted by atomic mass is 10.1. The third-order valence-electron chi connectivity index (χ3n) is 5.89. The van der Waals surface area contributed by atoms with E-state index in [0.29, 0.717) is 0 Å². The molecular weight excluding hydrogens is 574 g/mol. The van der Waals surface area contributed by atoms with Crippen LogP contribution in [-0.4, -0.2) is 95.1 Å². The van der Waals surface area contributed by atoms with Crippen LogP contribution in [0.4, 0.5) is 0 Å². The van der Waals surface area contributed by atoms with Gasteiger partial charge in [-0.3, -0.25) is 4.79 Å². The number of hydrogen-bond acceptors (Lipinski definition) is 10. The molecule has 0 saturated carbocycles. The van der Waals surface area contributed by atoms with Crippen LogP contribution in [0, 0.1) is 6.92 Å². The molecule has 1 fully saturated rings. The van der Waals surface area contributed by atoms with Crippen LogP contribution in [0.5, 0.6) is 5.75 Å². The van der Waals surface area contributed by atoms with Gasteiger partial charge in [0, 0.05) is 27.1 Å². The van der Waals surface area contributed by atoms with Gasteiger partial charge in [0.2, 0.25) is 0 Å². The summed E-state index contributed by atoms with van der Waals surface area (Å²) < 4.78 is 81.6. The van der Waals surface area contributed by atoms with Crippen LogP contribution in [-0.2, 0) is 46.2 Å². The maximum Gasteiger partial charge on any atom is 0.384 e. The lowest BCUT2D eigenvalue weighted by Crippen LogP contribution is -2.59. The van der Waals surface area contributed by atoms with E-state index in [-0.39, 0.29) is 32.8 Å². The van der Waals surface area contributed by atoms with Crippen LogP contribution < -0.4 is 9.50 Å². The second-order valence-electron chi connectivity index (χ2n) is 9.10. The highest BCUT2D eigenvalue weighted by Crippen LogP contribution is 2.25. The molecule has 13 nitrogen and oxygen atoms in total. The molecule has 1 heterocycles. The third-order valence-corrected chi connectivity index (χ3v) is 10.7. The summed E-state index contributed by atoms with van der Waals surface area (Å²) in [5.41, 5.74) is 0.971. The van der Waals surface area contributed by atoms with Crippen molar-refractivity contribution < 1.29 is 44.1 Å². The van der Waals surface area contributed by atoms with Crippen LogP contribution in [0.25, 0.3) is 0 Å². The van der Waals surface area contributed by atoms with Crippen LogP contribution in [0.3, 0.4) is 0 Å². The number of carbonyl (C=O) groups excluding carboxylic acids is 1. The van der Waals surface area contributed by atoms with Gasteiger partial charge in [0.25, 0.3) is 15.9 Å². The zero-order valence-electron chi connectivity index (χ0n) is 21.3. The molecule has 2 aromatic carbocycles. The SMILES string of the molecule is Cc1ccc(S(=O)(=O)N(C(=O)C2CS(=O)(=O)CCN2)[C@@H](Cc2ccc(OS(=O)(=O)N(C)C)cc2)C(=O)O)cc1. The van der Waals surface area contributed by atoms with Crippen molar-refractivity contribution in [2.75, 3.05) is 32.1 Å². The first-order valence-corrected chi connectivity index (χ1v) is 16.2. The molecule has 0 spiro atoms. The van der Waals surface area contributed by atoms with Gasteiger partial charge in [0.05, 0.1) is 16.4 Å². The monoisotopic (exact) mass is 603 g/mol. The Morgan fingerprint density at radius 3 is 2.15 bits per heavy atom. The molecule has 2 N–H and O–H groups in total. The van der Waals surface area contributed by atoms with Gasteiger partial charge < -0.3 is 14.6 Å². The molecular formula is C23H29N3O10S3. The van der Waals surface area contributed by atoms with Gasteiger partial charge in [-0.05, 0) is 36.8 Å². The Morgan fingerprint density at radius 1 is 1.05 bits per heavy atom. The Labute approximate surface area is 227 Å². The molecule has 0 aliphatic carbocycles. The van der Waals surface area contributed by atoms with E-state index < -0.39 is 66.3 Å². The second-order valence-corrected chi connectivity index (χ2v) is 14.9. The minimum absolute atomic E-state index is 0.0730. The van der Waals surface area contributed by atoms with E-state index in [9.17, 15) is 39.9 Å². The molecule has 1 saturated heterocycles. The molecule has 1 aliphatic heterocycles. The highest BCUT2D eigenvalue weighted by atomic mass is 32.2. The zero-order chi connectivity index (χ0) is 29.2. The minimum Gasteiger partial charge on any atom is -0.480 e. The molecule has 0 aromatic heterocycles. The highest BCUT2D eigenvalue weighted by Gasteiger charge is 2.44. The number of benzene rings is 2. The van der Waals surface area contributed by atoms with Crippen molar-refractivity contribution in [3.63, 3.8) is 0 Å². The molecule has 16 heteroatoms. The van der Waals surface area contributed by atoms with E-state index >= 15 is 0 Å². The number of carbonyl (C=O) groups is 2. The number of aryl methyl sites for hydroxylation is 1. The average Bonchev–Trinajstić information content (AvgIpc) is 2.83. The van der Waals surface area contributed by atoms with Gasteiger partial charge in [-0.2, -0.15) is 12.7 Å². The van der Waals surface area contributed by atoms with Gasteiger partial charge in [0.1, 0.15) is 17.8 Å². The first kappa shape index (κ1) is 30.5. The van der Waals surface area contributed by atoms with Crippen molar-refractivity contribution in [1.29, 1.82) is 0 Å². The summed E-state index contributed by atoms with van der Waals surface area (Å²) in [4.78, 5) is 25.6. The van der Waals surface area contributed by atoms with E-state index in [0.717, 1.165) is 9.87 Å². The second kappa shape index (κ2) is 11.6. The number of sulfone groups is 1. The molecule has 2 atom stereocenters. The van der Waals surface area contributed by atoms with Crippen molar-refractivity contribution in [2.45, 2.75) is 30.3 Å². The molecule has 214 valence electrons. The lowest BCUT2D eigenvalue weighted by Gasteiger charge is -2.33. The Kier molecular flexibility index (Phi) is 9.06. The molecule has 1 aliphatic rings. The van der Waals surface area contributed by atoms with Gasteiger partial charge in [0.15, 0.2) is 9.84 Å². The molecule has 2 aromatic rings. The first-order chi connectivity index (χ1) is 18.0. The summed E-state index contributed by atoms with van der Waals surface area (Å²) in [6.07, 6.45) is -0.494. The van der Waals surface area contributed by atoms with Crippen molar-refractivity contribution in [3.05, 3.63) is 59.7 Å². The quantitative estimate of drug-likeness (QED) is 0.366. The summed E-state index contributed by atoms with van der Waals surface area (Å²) in [6.45, 7) is 1.61. The number of aliphatic carboxylic acids is 1. The van der Waals surface area contributed by atoms with E-state index in [4.69, 9.17) is 4.18 Å².